The predicted octanol–water partition coefficient (Wildman–Crippen LogP) is 4.58. The van der Waals surface area contributed by atoms with Crippen LogP contribution in [-0.4, -0.2) is 38.5 Å². The van der Waals surface area contributed by atoms with Gasteiger partial charge in [0.25, 0.3) is 0 Å². The molecule has 0 spiro atoms. The normalized spacial score (nSPS) is 17.0. The van der Waals surface area contributed by atoms with Gasteiger partial charge in [0.15, 0.2) is 5.65 Å². The molecule has 6 heteroatoms. The van der Waals surface area contributed by atoms with Crippen molar-refractivity contribution in [3.8, 4) is 0 Å². The van der Waals surface area contributed by atoms with Crippen LogP contribution in [0.25, 0.3) is 27.4 Å². The Morgan fingerprint density at radius 3 is 2.94 bits per heavy atom. The Kier molecular flexibility index (Phi) is 4.23. The van der Waals surface area contributed by atoms with Crippen molar-refractivity contribution in [2.24, 2.45) is 0 Å². The zero-order chi connectivity index (χ0) is 20.8. The molecule has 1 aliphatic heterocycles. The van der Waals surface area contributed by atoms with Crippen molar-refractivity contribution in [2.75, 3.05) is 13.1 Å². The quantitative estimate of drug-likeness (QED) is 0.437. The summed E-state index contributed by atoms with van der Waals surface area (Å²) >= 11 is 0. The maximum Gasteiger partial charge on any atom is 0.227 e. The molecule has 0 bridgehead atoms. The third kappa shape index (κ3) is 3.06. The lowest BCUT2D eigenvalue weighted by atomic mass is 9.96. The average molecular weight is 410 g/mol. The van der Waals surface area contributed by atoms with E-state index in [2.05, 4.69) is 28.4 Å². The summed E-state index contributed by atoms with van der Waals surface area (Å²) in [6.45, 7) is 1.45. The van der Waals surface area contributed by atoms with Crippen LogP contribution in [0.15, 0.2) is 71.5 Å². The summed E-state index contributed by atoms with van der Waals surface area (Å²) in [6, 6.07) is 18.2. The molecule has 5 aromatic rings. The Labute approximate surface area is 179 Å². The van der Waals surface area contributed by atoms with Crippen LogP contribution >= 0.6 is 0 Å². The molecule has 1 aliphatic rings. The summed E-state index contributed by atoms with van der Waals surface area (Å²) in [6.07, 6.45) is 6.05. The molecule has 0 N–H and O–H groups in total. The lowest BCUT2D eigenvalue weighted by Crippen LogP contribution is -2.40. The number of amides is 1. The molecule has 1 fully saturated rings. The van der Waals surface area contributed by atoms with E-state index in [-0.39, 0.29) is 11.8 Å². The van der Waals surface area contributed by atoms with Crippen molar-refractivity contribution >= 4 is 33.3 Å². The largest absolute Gasteiger partial charge is 0.464 e. The second-order valence-corrected chi connectivity index (χ2v) is 8.26. The number of fused-ring (bicyclic) bond motifs is 4. The van der Waals surface area contributed by atoms with Crippen molar-refractivity contribution < 1.29 is 9.21 Å². The van der Waals surface area contributed by atoms with Crippen LogP contribution in [0.1, 0.15) is 30.1 Å². The Morgan fingerprint density at radius 1 is 1.06 bits per heavy atom. The van der Waals surface area contributed by atoms with Crippen molar-refractivity contribution in [3.63, 3.8) is 0 Å². The van der Waals surface area contributed by atoms with E-state index in [0.717, 1.165) is 58.2 Å². The Hall–Kier alpha value is -3.67. The van der Waals surface area contributed by atoms with Crippen LogP contribution in [0.3, 0.4) is 0 Å². The highest BCUT2D eigenvalue weighted by Gasteiger charge is 2.28. The number of piperidine rings is 1. The van der Waals surface area contributed by atoms with Crippen LogP contribution in [-0.2, 0) is 11.2 Å². The van der Waals surface area contributed by atoms with E-state index < -0.39 is 0 Å². The molecule has 6 nitrogen and oxygen atoms in total. The fourth-order valence-corrected chi connectivity index (χ4v) is 4.83. The lowest BCUT2D eigenvalue weighted by molar-refractivity contribution is -0.131. The molecule has 3 aromatic heterocycles. The second-order valence-electron chi connectivity index (χ2n) is 8.26. The first-order valence-corrected chi connectivity index (χ1v) is 10.7. The van der Waals surface area contributed by atoms with E-state index in [0.29, 0.717) is 13.0 Å². The number of aromatic nitrogens is 3. The van der Waals surface area contributed by atoms with Gasteiger partial charge >= 0.3 is 0 Å². The molecular weight excluding hydrogens is 388 g/mol. The molecular formula is C25H22N4O2. The molecule has 154 valence electrons. The van der Waals surface area contributed by atoms with Gasteiger partial charge in [-0.3, -0.25) is 9.20 Å². The summed E-state index contributed by atoms with van der Waals surface area (Å²) in [5.74, 6) is 1.26. The van der Waals surface area contributed by atoms with E-state index in [1.807, 2.05) is 51.9 Å². The number of likely N-dealkylation sites (tertiary alicyclic amines) is 1. The number of rotatable bonds is 3. The van der Waals surface area contributed by atoms with Gasteiger partial charge in [-0.05, 0) is 41.8 Å². The first-order chi connectivity index (χ1) is 15.3. The molecule has 1 atom stereocenters. The Balaban J connectivity index is 1.27. The van der Waals surface area contributed by atoms with Crippen LogP contribution in [0.5, 0.6) is 0 Å². The highest BCUT2D eigenvalue weighted by molar-refractivity contribution is 6.08. The summed E-state index contributed by atoms with van der Waals surface area (Å²) in [4.78, 5) is 15.2. The minimum atomic E-state index is 0.133. The number of pyridine rings is 1. The number of hydrogen-bond acceptors (Lipinski definition) is 4. The first kappa shape index (κ1) is 18.1. The van der Waals surface area contributed by atoms with Gasteiger partial charge in [-0.1, -0.05) is 36.4 Å². The molecule has 31 heavy (non-hydrogen) atoms. The topological polar surface area (TPSA) is 63.6 Å². The van der Waals surface area contributed by atoms with Gasteiger partial charge in [-0.25, -0.2) is 0 Å². The van der Waals surface area contributed by atoms with Crippen LogP contribution in [0, 0.1) is 0 Å². The zero-order valence-electron chi connectivity index (χ0n) is 17.1. The Morgan fingerprint density at radius 2 is 1.97 bits per heavy atom. The van der Waals surface area contributed by atoms with Crippen LogP contribution < -0.4 is 0 Å². The molecule has 0 radical (unpaired) electrons. The second kappa shape index (κ2) is 7.23. The predicted molar refractivity (Wildman–Crippen MR) is 119 cm³/mol. The summed E-state index contributed by atoms with van der Waals surface area (Å²) < 4.78 is 7.82. The number of hydrogen-bond donors (Lipinski definition) is 0. The highest BCUT2D eigenvalue weighted by Crippen LogP contribution is 2.31. The summed E-state index contributed by atoms with van der Waals surface area (Å²) in [5, 5.41) is 12.0. The molecule has 1 saturated heterocycles. The van der Waals surface area contributed by atoms with Crippen molar-refractivity contribution in [1.82, 2.24) is 19.5 Å². The lowest BCUT2D eigenvalue weighted by Gasteiger charge is -2.32. The SMILES string of the molecule is O=C(Cc1coc2ccc3ccccc3c12)N1CCC[C@H](c2nnc3ccccn23)C1. The number of benzene rings is 2. The van der Waals surface area contributed by atoms with Gasteiger partial charge in [0.2, 0.25) is 5.91 Å². The smallest absolute Gasteiger partial charge is 0.227 e. The van der Waals surface area contributed by atoms with Crippen LogP contribution in [0.2, 0.25) is 0 Å². The molecule has 0 aliphatic carbocycles. The number of carbonyl (C=O) groups is 1. The van der Waals surface area contributed by atoms with Crippen LogP contribution in [0.4, 0.5) is 0 Å². The Bertz CT molecular complexity index is 1420. The third-order valence-corrected chi connectivity index (χ3v) is 6.36. The maximum atomic E-state index is 13.3. The van der Waals surface area contributed by atoms with Gasteiger partial charge in [-0.2, -0.15) is 0 Å². The summed E-state index contributed by atoms with van der Waals surface area (Å²) in [5.41, 5.74) is 2.62. The number of carbonyl (C=O) groups excluding carboxylic acids is 1. The van der Waals surface area contributed by atoms with Crippen molar-refractivity contribution in [3.05, 3.63) is 78.4 Å². The third-order valence-electron chi connectivity index (χ3n) is 6.36. The molecule has 0 unspecified atom stereocenters. The molecule has 4 heterocycles. The van der Waals surface area contributed by atoms with Gasteiger partial charge in [0.05, 0.1) is 12.7 Å². The number of furan rings is 1. The van der Waals surface area contributed by atoms with Gasteiger partial charge < -0.3 is 9.32 Å². The number of nitrogens with zero attached hydrogens (tertiary/aromatic N) is 4. The minimum absolute atomic E-state index is 0.133. The summed E-state index contributed by atoms with van der Waals surface area (Å²) in [7, 11) is 0. The molecule has 1 amide bonds. The fraction of sp³-hybridized carbons (Fsp3) is 0.240. The standard InChI is InChI=1S/C25H22N4O2/c30-23(14-19-16-31-21-11-10-17-6-1-2-8-20(17)24(19)21)28-12-5-7-18(15-28)25-27-26-22-9-3-4-13-29(22)25/h1-4,6,8-11,13,16,18H,5,7,12,14-15H2/t18-/m0/s1. The average Bonchev–Trinajstić information content (AvgIpc) is 3.44. The first-order valence-electron chi connectivity index (χ1n) is 10.7. The van der Waals surface area contributed by atoms with E-state index in [1.54, 1.807) is 6.26 Å². The molecule has 6 rings (SSSR count). The zero-order valence-corrected chi connectivity index (χ0v) is 17.1. The van der Waals surface area contributed by atoms with E-state index in [1.165, 1.54) is 0 Å². The minimum Gasteiger partial charge on any atom is -0.464 e. The van der Waals surface area contributed by atoms with Gasteiger partial charge in [-0.15, -0.1) is 10.2 Å². The van der Waals surface area contributed by atoms with E-state index >= 15 is 0 Å². The van der Waals surface area contributed by atoms with E-state index in [9.17, 15) is 4.79 Å². The van der Waals surface area contributed by atoms with Gasteiger partial charge in [0.1, 0.15) is 11.4 Å². The van der Waals surface area contributed by atoms with E-state index in [4.69, 9.17) is 4.42 Å². The van der Waals surface area contributed by atoms with Gasteiger partial charge in [0, 0.05) is 36.2 Å². The monoisotopic (exact) mass is 410 g/mol. The maximum absolute atomic E-state index is 13.3. The van der Waals surface area contributed by atoms with Crippen molar-refractivity contribution in [1.29, 1.82) is 0 Å². The van der Waals surface area contributed by atoms with Crippen molar-refractivity contribution in [2.45, 2.75) is 25.2 Å². The molecule has 0 saturated carbocycles. The molecule has 2 aromatic carbocycles. The highest BCUT2D eigenvalue weighted by atomic mass is 16.3. The fourth-order valence-electron chi connectivity index (χ4n) is 4.83.